The maximum absolute atomic E-state index is 11.6. The number of ether oxygens (including phenoxy) is 2. The van der Waals surface area contributed by atoms with Gasteiger partial charge in [-0.2, -0.15) is 0 Å². The minimum absolute atomic E-state index is 0.392. The molecule has 2 rings (SSSR count). The van der Waals surface area contributed by atoms with Crippen molar-refractivity contribution >= 4 is 12.0 Å². The lowest BCUT2D eigenvalue weighted by atomic mass is 10.2. The Morgan fingerprint density at radius 2 is 1.75 bits per heavy atom. The van der Waals surface area contributed by atoms with Crippen molar-refractivity contribution in [2.24, 2.45) is 0 Å². The van der Waals surface area contributed by atoms with Crippen LogP contribution in [0.5, 0.6) is 5.75 Å². The van der Waals surface area contributed by atoms with Gasteiger partial charge in [-0.15, -0.1) is 0 Å². The van der Waals surface area contributed by atoms with Crippen molar-refractivity contribution < 1.29 is 14.3 Å². The summed E-state index contributed by atoms with van der Waals surface area (Å²) in [7, 11) is 1.36. The van der Waals surface area contributed by atoms with Crippen LogP contribution in [0, 0.1) is 0 Å². The predicted molar refractivity (Wildman–Crippen MR) is 78.8 cm³/mol. The largest absolute Gasteiger partial charge is 0.489 e. The summed E-state index contributed by atoms with van der Waals surface area (Å²) in [6.07, 6.45) is 3.88. The SMILES string of the molecule is COC(=O)c1ccccc1OCC=Cc1ccccc1. The molecule has 0 aliphatic rings. The van der Waals surface area contributed by atoms with Crippen LogP contribution in [0.15, 0.2) is 60.7 Å². The van der Waals surface area contributed by atoms with Crippen LogP contribution in [0.4, 0.5) is 0 Å². The van der Waals surface area contributed by atoms with Crippen molar-refractivity contribution in [2.75, 3.05) is 13.7 Å². The van der Waals surface area contributed by atoms with Gasteiger partial charge in [0.2, 0.25) is 0 Å². The van der Waals surface area contributed by atoms with Gasteiger partial charge in [-0.05, 0) is 23.8 Å². The smallest absolute Gasteiger partial charge is 0.341 e. The lowest BCUT2D eigenvalue weighted by Crippen LogP contribution is -2.05. The van der Waals surface area contributed by atoms with Gasteiger partial charge >= 0.3 is 5.97 Å². The van der Waals surface area contributed by atoms with Gasteiger partial charge in [-0.3, -0.25) is 0 Å². The molecule has 20 heavy (non-hydrogen) atoms. The van der Waals surface area contributed by atoms with Crippen molar-refractivity contribution in [1.82, 2.24) is 0 Å². The summed E-state index contributed by atoms with van der Waals surface area (Å²) in [5.41, 5.74) is 1.54. The molecular weight excluding hydrogens is 252 g/mol. The summed E-state index contributed by atoms with van der Waals surface area (Å²) < 4.78 is 10.3. The molecule has 2 aromatic carbocycles. The number of benzene rings is 2. The molecule has 0 atom stereocenters. The molecule has 2 aromatic rings. The highest BCUT2D eigenvalue weighted by Crippen LogP contribution is 2.18. The van der Waals surface area contributed by atoms with Crippen LogP contribution in [0.25, 0.3) is 6.08 Å². The number of hydrogen-bond acceptors (Lipinski definition) is 3. The molecule has 0 bridgehead atoms. The lowest BCUT2D eigenvalue weighted by Gasteiger charge is -2.07. The van der Waals surface area contributed by atoms with Crippen LogP contribution in [-0.2, 0) is 4.74 Å². The van der Waals surface area contributed by atoms with Gasteiger partial charge in [0.05, 0.1) is 7.11 Å². The number of carbonyl (C=O) groups excluding carboxylic acids is 1. The summed E-state index contributed by atoms with van der Waals surface area (Å²) in [6.45, 7) is 0.392. The van der Waals surface area contributed by atoms with E-state index in [-0.39, 0.29) is 0 Å². The minimum atomic E-state index is -0.396. The Balaban J connectivity index is 1.98. The van der Waals surface area contributed by atoms with Crippen LogP contribution in [0.1, 0.15) is 15.9 Å². The van der Waals surface area contributed by atoms with E-state index in [9.17, 15) is 4.79 Å². The van der Waals surface area contributed by atoms with Crippen LogP contribution in [0.2, 0.25) is 0 Å². The highest BCUT2D eigenvalue weighted by Gasteiger charge is 2.11. The fraction of sp³-hybridized carbons (Fsp3) is 0.118. The van der Waals surface area contributed by atoms with E-state index in [0.717, 1.165) is 5.56 Å². The number of hydrogen-bond donors (Lipinski definition) is 0. The minimum Gasteiger partial charge on any atom is -0.489 e. The zero-order valence-electron chi connectivity index (χ0n) is 11.3. The van der Waals surface area contributed by atoms with E-state index in [0.29, 0.717) is 17.9 Å². The van der Waals surface area contributed by atoms with Crippen molar-refractivity contribution in [3.05, 3.63) is 71.8 Å². The molecule has 0 saturated carbocycles. The summed E-state index contributed by atoms with van der Waals surface area (Å²) in [6, 6.07) is 17.0. The van der Waals surface area contributed by atoms with Gasteiger partial charge in [0.1, 0.15) is 17.9 Å². The van der Waals surface area contributed by atoms with Crippen molar-refractivity contribution in [3.8, 4) is 5.75 Å². The molecule has 0 N–H and O–H groups in total. The Hall–Kier alpha value is -2.55. The molecule has 0 unspecified atom stereocenters. The molecule has 0 aromatic heterocycles. The second kappa shape index (κ2) is 7.14. The third kappa shape index (κ3) is 3.72. The van der Waals surface area contributed by atoms with E-state index in [1.807, 2.05) is 48.6 Å². The van der Waals surface area contributed by atoms with E-state index >= 15 is 0 Å². The van der Waals surface area contributed by atoms with Crippen LogP contribution < -0.4 is 4.74 Å². The average Bonchev–Trinajstić information content (AvgIpc) is 2.52. The molecule has 0 heterocycles. The third-order valence-corrected chi connectivity index (χ3v) is 2.74. The maximum Gasteiger partial charge on any atom is 0.341 e. The molecular formula is C17H16O3. The van der Waals surface area contributed by atoms with Gasteiger partial charge in [0.25, 0.3) is 0 Å². The average molecular weight is 268 g/mol. The molecule has 0 aliphatic carbocycles. The quantitative estimate of drug-likeness (QED) is 0.778. The molecule has 0 spiro atoms. The topological polar surface area (TPSA) is 35.5 Å². The number of carbonyl (C=O) groups is 1. The van der Waals surface area contributed by atoms with Gasteiger partial charge in [0, 0.05) is 0 Å². The Morgan fingerprint density at radius 3 is 2.50 bits per heavy atom. The van der Waals surface area contributed by atoms with E-state index in [1.54, 1.807) is 18.2 Å². The van der Waals surface area contributed by atoms with Crippen molar-refractivity contribution in [2.45, 2.75) is 0 Å². The first-order valence-electron chi connectivity index (χ1n) is 6.33. The molecule has 3 nitrogen and oxygen atoms in total. The number of methoxy groups -OCH3 is 1. The first kappa shape index (κ1) is 13.9. The third-order valence-electron chi connectivity index (χ3n) is 2.74. The second-order valence-corrected chi connectivity index (χ2v) is 4.11. The van der Waals surface area contributed by atoms with E-state index < -0.39 is 5.97 Å². The van der Waals surface area contributed by atoms with Crippen molar-refractivity contribution in [3.63, 3.8) is 0 Å². The van der Waals surface area contributed by atoms with E-state index in [2.05, 4.69) is 0 Å². The molecule has 0 saturated heterocycles. The van der Waals surface area contributed by atoms with Gasteiger partial charge in [0.15, 0.2) is 0 Å². The first-order chi connectivity index (χ1) is 9.81. The normalized spacial score (nSPS) is 10.4. The molecule has 0 radical (unpaired) electrons. The van der Waals surface area contributed by atoms with Gasteiger partial charge in [-0.1, -0.05) is 48.5 Å². The number of para-hydroxylation sites is 1. The summed E-state index contributed by atoms with van der Waals surface area (Å²) in [4.78, 5) is 11.6. The fourth-order valence-electron chi connectivity index (χ4n) is 1.76. The highest BCUT2D eigenvalue weighted by molar-refractivity contribution is 5.92. The van der Waals surface area contributed by atoms with Gasteiger partial charge in [-0.25, -0.2) is 4.79 Å². The fourth-order valence-corrected chi connectivity index (χ4v) is 1.76. The molecule has 102 valence electrons. The number of esters is 1. The Labute approximate surface area is 118 Å². The van der Waals surface area contributed by atoms with E-state index in [4.69, 9.17) is 9.47 Å². The second-order valence-electron chi connectivity index (χ2n) is 4.11. The first-order valence-corrected chi connectivity index (χ1v) is 6.33. The highest BCUT2D eigenvalue weighted by atomic mass is 16.5. The molecule has 0 amide bonds. The Bertz CT molecular complexity index is 588. The predicted octanol–water partition coefficient (Wildman–Crippen LogP) is 3.57. The molecule has 0 aliphatic heterocycles. The van der Waals surface area contributed by atoms with Crippen LogP contribution >= 0.6 is 0 Å². The van der Waals surface area contributed by atoms with Crippen LogP contribution in [-0.4, -0.2) is 19.7 Å². The van der Waals surface area contributed by atoms with Crippen molar-refractivity contribution in [1.29, 1.82) is 0 Å². The lowest BCUT2D eigenvalue weighted by molar-refractivity contribution is 0.0596. The Morgan fingerprint density at radius 1 is 1.05 bits per heavy atom. The summed E-state index contributed by atoms with van der Waals surface area (Å²) in [5.74, 6) is 0.129. The summed E-state index contributed by atoms with van der Waals surface area (Å²) in [5, 5.41) is 0. The van der Waals surface area contributed by atoms with E-state index in [1.165, 1.54) is 7.11 Å². The maximum atomic E-state index is 11.6. The zero-order valence-corrected chi connectivity index (χ0v) is 11.3. The standard InChI is InChI=1S/C17H16O3/c1-19-17(18)15-11-5-6-12-16(15)20-13-7-10-14-8-3-2-4-9-14/h2-12H,13H2,1H3. The Kier molecular flexibility index (Phi) is 4.95. The van der Waals surface area contributed by atoms with Crippen LogP contribution in [0.3, 0.4) is 0 Å². The monoisotopic (exact) mass is 268 g/mol. The molecule has 3 heteroatoms. The van der Waals surface area contributed by atoms with Gasteiger partial charge < -0.3 is 9.47 Å². The molecule has 0 fully saturated rings. The summed E-state index contributed by atoms with van der Waals surface area (Å²) >= 11 is 0. The zero-order chi connectivity index (χ0) is 14.2. The number of rotatable bonds is 5.